The first-order valence-corrected chi connectivity index (χ1v) is 7.21. The maximum atomic E-state index is 12.6. The fourth-order valence-electron chi connectivity index (χ4n) is 2.18. The van der Waals surface area contributed by atoms with Gasteiger partial charge in [-0.1, -0.05) is 28.9 Å². The van der Waals surface area contributed by atoms with Gasteiger partial charge in [-0.2, -0.15) is 0 Å². The van der Waals surface area contributed by atoms with Gasteiger partial charge >= 0.3 is 0 Å². The summed E-state index contributed by atoms with van der Waals surface area (Å²) in [4.78, 5) is 14.6. The second-order valence-corrected chi connectivity index (χ2v) is 5.58. The fraction of sp³-hybridized carbons (Fsp3) is 0.500. The predicted octanol–water partition coefficient (Wildman–Crippen LogP) is 2.58. The zero-order valence-electron chi connectivity index (χ0n) is 10.9. The molecule has 3 nitrogen and oxygen atoms in total. The molecule has 1 aliphatic heterocycles. The van der Waals surface area contributed by atoms with Gasteiger partial charge in [0, 0.05) is 29.7 Å². The SMILES string of the molecule is CCCN(C(=O)c1cccc(Br)c1C)C1CNC1. The predicted molar refractivity (Wildman–Crippen MR) is 76.9 cm³/mol. The number of nitrogens with one attached hydrogen (secondary N) is 1. The molecule has 1 N–H and O–H groups in total. The monoisotopic (exact) mass is 310 g/mol. The summed E-state index contributed by atoms with van der Waals surface area (Å²) in [6.45, 7) is 6.76. The summed E-state index contributed by atoms with van der Waals surface area (Å²) in [5.41, 5.74) is 1.83. The van der Waals surface area contributed by atoms with Crippen LogP contribution in [0.15, 0.2) is 22.7 Å². The van der Waals surface area contributed by atoms with Gasteiger partial charge in [-0.3, -0.25) is 4.79 Å². The Balaban J connectivity index is 2.24. The first-order valence-electron chi connectivity index (χ1n) is 6.42. The van der Waals surface area contributed by atoms with Crippen molar-refractivity contribution in [1.82, 2.24) is 10.2 Å². The summed E-state index contributed by atoms with van der Waals surface area (Å²) in [5, 5.41) is 3.23. The Hall–Kier alpha value is -0.870. The van der Waals surface area contributed by atoms with E-state index in [0.717, 1.165) is 41.7 Å². The summed E-state index contributed by atoms with van der Waals surface area (Å²) in [5.74, 6) is 0.155. The minimum absolute atomic E-state index is 0.155. The van der Waals surface area contributed by atoms with Gasteiger partial charge in [-0.05, 0) is 31.0 Å². The Bertz CT molecular complexity index is 443. The molecular formula is C14H19BrN2O. The molecule has 0 unspecified atom stereocenters. The second kappa shape index (κ2) is 5.85. The summed E-state index contributed by atoms with van der Waals surface area (Å²) in [6.07, 6.45) is 0.995. The summed E-state index contributed by atoms with van der Waals surface area (Å²) >= 11 is 3.49. The Labute approximate surface area is 117 Å². The standard InChI is InChI=1S/C14H19BrN2O/c1-3-7-17(11-8-16-9-11)14(18)12-5-4-6-13(15)10(12)2/h4-6,11,16H,3,7-9H2,1-2H3. The average Bonchev–Trinajstić information content (AvgIpc) is 2.29. The van der Waals surface area contributed by atoms with Gasteiger partial charge in [0.25, 0.3) is 5.91 Å². The number of carbonyl (C=O) groups excluding carboxylic acids is 1. The van der Waals surface area contributed by atoms with E-state index < -0.39 is 0 Å². The number of benzene rings is 1. The van der Waals surface area contributed by atoms with Crippen molar-refractivity contribution in [3.63, 3.8) is 0 Å². The van der Waals surface area contributed by atoms with Crippen LogP contribution in [0.25, 0.3) is 0 Å². The lowest BCUT2D eigenvalue weighted by atomic mass is 10.0. The van der Waals surface area contributed by atoms with E-state index >= 15 is 0 Å². The van der Waals surface area contributed by atoms with E-state index in [1.807, 2.05) is 30.0 Å². The lowest BCUT2D eigenvalue weighted by Crippen LogP contribution is -2.59. The van der Waals surface area contributed by atoms with Gasteiger partial charge in [0.2, 0.25) is 0 Å². The Kier molecular flexibility index (Phi) is 4.40. The number of hydrogen-bond donors (Lipinski definition) is 1. The van der Waals surface area contributed by atoms with E-state index in [9.17, 15) is 4.79 Å². The molecule has 4 heteroatoms. The number of halogens is 1. The zero-order chi connectivity index (χ0) is 13.1. The number of hydrogen-bond acceptors (Lipinski definition) is 2. The minimum atomic E-state index is 0.155. The van der Waals surface area contributed by atoms with Crippen LogP contribution < -0.4 is 5.32 Å². The van der Waals surface area contributed by atoms with Crippen molar-refractivity contribution < 1.29 is 4.79 Å². The molecule has 1 aromatic carbocycles. The van der Waals surface area contributed by atoms with Crippen molar-refractivity contribution in [2.75, 3.05) is 19.6 Å². The number of carbonyl (C=O) groups is 1. The number of nitrogens with zero attached hydrogens (tertiary/aromatic N) is 1. The maximum absolute atomic E-state index is 12.6. The molecule has 0 aromatic heterocycles. The minimum Gasteiger partial charge on any atom is -0.333 e. The molecule has 1 saturated heterocycles. The van der Waals surface area contributed by atoms with Gasteiger partial charge in [0.1, 0.15) is 0 Å². The van der Waals surface area contributed by atoms with Crippen LogP contribution in [0.1, 0.15) is 29.3 Å². The molecule has 1 fully saturated rings. The number of rotatable bonds is 4. The van der Waals surface area contributed by atoms with E-state index in [4.69, 9.17) is 0 Å². The van der Waals surface area contributed by atoms with Crippen molar-refractivity contribution in [1.29, 1.82) is 0 Å². The van der Waals surface area contributed by atoms with E-state index in [0.29, 0.717) is 6.04 Å². The third-order valence-corrected chi connectivity index (χ3v) is 4.28. The highest BCUT2D eigenvalue weighted by Gasteiger charge is 2.29. The lowest BCUT2D eigenvalue weighted by Gasteiger charge is -2.38. The Morgan fingerprint density at radius 2 is 2.22 bits per heavy atom. The summed E-state index contributed by atoms with van der Waals surface area (Å²) in [7, 11) is 0. The van der Waals surface area contributed by atoms with Gasteiger partial charge in [-0.25, -0.2) is 0 Å². The molecule has 1 aliphatic rings. The van der Waals surface area contributed by atoms with Gasteiger partial charge in [-0.15, -0.1) is 0 Å². The summed E-state index contributed by atoms with van der Waals surface area (Å²) < 4.78 is 0.997. The first-order chi connectivity index (χ1) is 8.65. The third-order valence-electron chi connectivity index (χ3n) is 3.42. The smallest absolute Gasteiger partial charge is 0.254 e. The molecule has 0 bridgehead atoms. The van der Waals surface area contributed by atoms with E-state index in [1.165, 1.54) is 0 Å². The summed E-state index contributed by atoms with van der Waals surface area (Å²) in [6, 6.07) is 6.17. The topological polar surface area (TPSA) is 32.3 Å². The molecule has 1 heterocycles. The van der Waals surface area contributed by atoms with Crippen LogP contribution in [0.2, 0.25) is 0 Å². The van der Waals surface area contributed by atoms with Gasteiger partial charge in [0.15, 0.2) is 0 Å². The van der Waals surface area contributed by atoms with Crippen LogP contribution in [0.3, 0.4) is 0 Å². The third kappa shape index (κ3) is 2.59. The zero-order valence-corrected chi connectivity index (χ0v) is 12.5. The normalized spacial score (nSPS) is 15.3. The molecule has 1 aromatic rings. The average molecular weight is 311 g/mol. The molecule has 98 valence electrons. The van der Waals surface area contributed by atoms with Crippen molar-refractivity contribution in [3.8, 4) is 0 Å². The highest BCUT2D eigenvalue weighted by molar-refractivity contribution is 9.10. The van der Waals surface area contributed by atoms with Crippen LogP contribution in [0.4, 0.5) is 0 Å². The molecule has 0 spiro atoms. The molecule has 0 atom stereocenters. The van der Waals surface area contributed by atoms with Crippen LogP contribution in [0, 0.1) is 6.92 Å². The van der Waals surface area contributed by atoms with E-state index in [-0.39, 0.29) is 5.91 Å². The Morgan fingerprint density at radius 3 is 2.78 bits per heavy atom. The van der Waals surface area contributed by atoms with Crippen molar-refractivity contribution >= 4 is 21.8 Å². The first kappa shape index (κ1) is 13.6. The highest BCUT2D eigenvalue weighted by Crippen LogP contribution is 2.22. The largest absolute Gasteiger partial charge is 0.333 e. The molecule has 2 rings (SSSR count). The van der Waals surface area contributed by atoms with Crippen molar-refractivity contribution in [2.45, 2.75) is 26.3 Å². The molecular weight excluding hydrogens is 292 g/mol. The lowest BCUT2D eigenvalue weighted by molar-refractivity contribution is 0.0615. The molecule has 18 heavy (non-hydrogen) atoms. The van der Waals surface area contributed by atoms with E-state index in [2.05, 4.69) is 28.2 Å². The maximum Gasteiger partial charge on any atom is 0.254 e. The highest BCUT2D eigenvalue weighted by atomic mass is 79.9. The van der Waals surface area contributed by atoms with Crippen LogP contribution >= 0.6 is 15.9 Å². The van der Waals surface area contributed by atoms with Crippen LogP contribution in [0.5, 0.6) is 0 Å². The van der Waals surface area contributed by atoms with Gasteiger partial charge in [0.05, 0.1) is 6.04 Å². The van der Waals surface area contributed by atoms with E-state index in [1.54, 1.807) is 0 Å². The van der Waals surface area contributed by atoms with Crippen LogP contribution in [-0.2, 0) is 0 Å². The van der Waals surface area contributed by atoms with Crippen LogP contribution in [-0.4, -0.2) is 36.5 Å². The molecule has 0 radical (unpaired) electrons. The fourth-order valence-corrected chi connectivity index (χ4v) is 2.54. The van der Waals surface area contributed by atoms with Gasteiger partial charge < -0.3 is 10.2 Å². The second-order valence-electron chi connectivity index (χ2n) is 4.72. The number of amides is 1. The van der Waals surface area contributed by atoms with Crippen molar-refractivity contribution in [2.24, 2.45) is 0 Å². The van der Waals surface area contributed by atoms with Crippen molar-refractivity contribution in [3.05, 3.63) is 33.8 Å². The molecule has 0 aliphatic carbocycles. The molecule has 0 saturated carbocycles. The Morgan fingerprint density at radius 1 is 1.50 bits per heavy atom. The molecule has 1 amide bonds. The quantitative estimate of drug-likeness (QED) is 0.927.